The van der Waals surface area contributed by atoms with E-state index in [0.717, 1.165) is 0 Å². The molecule has 0 aromatic carbocycles. The van der Waals surface area contributed by atoms with Gasteiger partial charge in [0.25, 0.3) is 17.4 Å². The van der Waals surface area contributed by atoms with Gasteiger partial charge in [-0.05, 0) is 51.7 Å². The summed E-state index contributed by atoms with van der Waals surface area (Å²) in [6.45, 7) is 5.28. The molecule has 38 heavy (non-hydrogen) atoms. The Morgan fingerprint density at radius 3 is 2.53 bits per heavy atom. The number of carbonyl (C=O) groups excluding carboxylic acids is 2. The Kier molecular flexibility index (Phi) is 7.69. The maximum atomic E-state index is 14.7. The van der Waals surface area contributed by atoms with Gasteiger partial charge in [0.05, 0.1) is 12.2 Å². The minimum atomic E-state index is -2.84. The predicted octanol–water partition coefficient (Wildman–Crippen LogP) is 3.05. The first kappa shape index (κ1) is 27.1. The Morgan fingerprint density at radius 2 is 1.87 bits per heavy atom. The van der Waals surface area contributed by atoms with Crippen LogP contribution in [0.4, 0.5) is 18.9 Å². The standard InChI is InChI=1S/C24H29F3N8O3/c1-13(2)35-18(7-11-29-35)22(37)31-19(15-4-8-24(26,27)9-5-15)23(38)30-17-12-34(33-20(17)25)14(3)16-6-10-28-32-21(16)36/h6-7,10-15,19H,4-5,8-9H2,1-3H3,(H,30,38)(H,31,37)(H,32,36)/t14?,19-/m0/s1. The van der Waals surface area contributed by atoms with Crippen molar-refractivity contribution in [3.8, 4) is 0 Å². The molecule has 3 heterocycles. The lowest BCUT2D eigenvalue weighted by Gasteiger charge is -2.33. The van der Waals surface area contributed by atoms with Crippen molar-refractivity contribution < 1.29 is 22.8 Å². The second-order valence-electron chi connectivity index (χ2n) is 9.72. The average molecular weight is 535 g/mol. The number of hydrogen-bond acceptors (Lipinski definition) is 6. The molecule has 4 rings (SSSR count). The van der Waals surface area contributed by atoms with Gasteiger partial charge in [0, 0.05) is 36.8 Å². The van der Waals surface area contributed by atoms with Crippen LogP contribution in [0.2, 0.25) is 0 Å². The van der Waals surface area contributed by atoms with E-state index in [-0.39, 0.29) is 35.8 Å². The fourth-order valence-electron chi connectivity index (χ4n) is 4.60. The van der Waals surface area contributed by atoms with Crippen molar-refractivity contribution in [3.05, 3.63) is 58.3 Å². The Balaban J connectivity index is 1.56. The highest BCUT2D eigenvalue weighted by Crippen LogP contribution is 2.38. The number of anilines is 1. The fourth-order valence-corrected chi connectivity index (χ4v) is 4.60. The van der Waals surface area contributed by atoms with Crippen molar-refractivity contribution >= 4 is 17.5 Å². The molecular weight excluding hydrogens is 505 g/mol. The van der Waals surface area contributed by atoms with E-state index >= 15 is 0 Å². The van der Waals surface area contributed by atoms with Gasteiger partial charge in [-0.25, -0.2) is 13.9 Å². The SMILES string of the molecule is CC(c1ccn[nH]c1=O)n1cc(NC(=O)[C@@H](NC(=O)c2ccnn2C(C)C)C2CCC(F)(F)CC2)c(F)n1. The van der Waals surface area contributed by atoms with Crippen LogP contribution in [0.5, 0.6) is 0 Å². The highest BCUT2D eigenvalue weighted by molar-refractivity contribution is 6.00. The molecule has 0 saturated heterocycles. The number of nitrogens with zero attached hydrogens (tertiary/aromatic N) is 5. The molecule has 11 nitrogen and oxygen atoms in total. The van der Waals surface area contributed by atoms with E-state index in [9.17, 15) is 27.6 Å². The Bertz CT molecular complexity index is 1360. The lowest BCUT2D eigenvalue weighted by molar-refractivity contribution is -0.121. The van der Waals surface area contributed by atoms with Gasteiger partial charge in [-0.2, -0.15) is 14.6 Å². The molecule has 3 N–H and O–H groups in total. The number of alkyl halides is 2. The first-order valence-corrected chi connectivity index (χ1v) is 12.3. The third-order valence-electron chi connectivity index (χ3n) is 6.74. The number of aromatic nitrogens is 6. The number of rotatable bonds is 8. The normalized spacial score (nSPS) is 17.2. The van der Waals surface area contributed by atoms with Crippen molar-refractivity contribution in [1.29, 1.82) is 0 Å². The van der Waals surface area contributed by atoms with E-state index in [0.29, 0.717) is 0 Å². The number of hydrogen-bond donors (Lipinski definition) is 3. The molecule has 3 aromatic heterocycles. The van der Waals surface area contributed by atoms with E-state index in [1.807, 2.05) is 13.8 Å². The maximum absolute atomic E-state index is 14.7. The number of aromatic amines is 1. The summed E-state index contributed by atoms with van der Waals surface area (Å²) < 4.78 is 45.0. The van der Waals surface area contributed by atoms with Crippen molar-refractivity contribution in [1.82, 2.24) is 35.1 Å². The molecule has 1 aliphatic carbocycles. The van der Waals surface area contributed by atoms with Crippen LogP contribution in [-0.4, -0.2) is 53.5 Å². The highest BCUT2D eigenvalue weighted by atomic mass is 19.3. The highest BCUT2D eigenvalue weighted by Gasteiger charge is 2.41. The van der Waals surface area contributed by atoms with E-state index in [2.05, 4.69) is 31.0 Å². The second-order valence-corrected chi connectivity index (χ2v) is 9.72. The van der Waals surface area contributed by atoms with Gasteiger partial charge < -0.3 is 10.6 Å². The average Bonchev–Trinajstić information content (AvgIpc) is 3.50. The molecule has 2 atom stereocenters. The monoisotopic (exact) mass is 534 g/mol. The van der Waals surface area contributed by atoms with E-state index < -0.39 is 60.1 Å². The van der Waals surface area contributed by atoms with Crippen LogP contribution >= 0.6 is 0 Å². The number of H-pyrrole nitrogens is 1. The predicted molar refractivity (Wildman–Crippen MR) is 130 cm³/mol. The zero-order chi connectivity index (χ0) is 27.6. The molecule has 1 aliphatic rings. The summed E-state index contributed by atoms with van der Waals surface area (Å²) in [5.41, 5.74) is -0.274. The third-order valence-corrected chi connectivity index (χ3v) is 6.74. The topological polar surface area (TPSA) is 140 Å². The van der Waals surface area contributed by atoms with Gasteiger partial charge in [0.2, 0.25) is 11.8 Å². The van der Waals surface area contributed by atoms with E-state index in [4.69, 9.17) is 0 Å². The summed E-state index contributed by atoms with van der Waals surface area (Å²) in [4.78, 5) is 38.5. The zero-order valence-corrected chi connectivity index (χ0v) is 21.1. The van der Waals surface area contributed by atoms with Crippen LogP contribution in [0.1, 0.15) is 74.6 Å². The quantitative estimate of drug-likeness (QED) is 0.406. The summed E-state index contributed by atoms with van der Waals surface area (Å²) in [6.07, 6.45) is 3.19. The van der Waals surface area contributed by atoms with Crippen molar-refractivity contribution in [3.63, 3.8) is 0 Å². The zero-order valence-electron chi connectivity index (χ0n) is 21.1. The van der Waals surface area contributed by atoms with Gasteiger partial charge >= 0.3 is 0 Å². The number of carbonyl (C=O) groups is 2. The lowest BCUT2D eigenvalue weighted by Crippen LogP contribution is -2.50. The molecule has 1 fully saturated rings. The molecule has 0 bridgehead atoms. The molecule has 0 spiro atoms. The Morgan fingerprint density at radius 1 is 1.16 bits per heavy atom. The third kappa shape index (κ3) is 5.78. The molecule has 204 valence electrons. The lowest BCUT2D eigenvalue weighted by atomic mass is 9.81. The number of amides is 2. The van der Waals surface area contributed by atoms with Gasteiger partial charge in [-0.15, -0.1) is 5.10 Å². The fraction of sp³-hybridized carbons (Fsp3) is 0.500. The molecular formula is C24H29F3N8O3. The second kappa shape index (κ2) is 10.8. The largest absolute Gasteiger partial charge is 0.339 e. The van der Waals surface area contributed by atoms with Gasteiger partial charge in [0.1, 0.15) is 17.4 Å². The van der Waals surface area contributed by atoms with Crippen LogP contribution in [-0.2, 0) is 4.79 Å². The summed E-state index contributed by atoms with van der Waals surface area (Å²) in [7, 11) is 0. The minimum Gasteiger partial charge on any atom is -0.339 e. The van der Waals surface area contributed by atoms with Crippen LogP contribution < -0.4 is 16.2 Å². The first-order valence-electron chi connectivity index (χ1n) is 12.3. The van der Waals surface area contributed by atoms with Crippen molar-refractivity contribution in [2.24, 2.45) is 5.92 Å². The van der Waals surface area contributed by atoms with Crippen LogP contribution in [0, 0.1) is 11.9 Å². The maximum Gasteiger partial charge on any atom is 0.270 e. The Hall–Kier alpha value is -3.97. The molecule has 3 aromatic rings. The Labute approximate surface area is 215 Å². The molecule has 2 amide bonds. The molecule has 14 heteroatoms. The minimum absolute atomic E-state index is 0.00158. The van der Waals surface area contributed by atoms with Crippen molar-refractivity contribution in [2.45, 2.75) is 70.5 Å². The van der Waals surface area contributed by atoms with Gasteiger partial charge in [-0.3, -0.25) is 23.7 Å². The number of halogens is 3. The molecule has 1 unspecified atom stereocenters. The summed E-state index contributed by atoms with van der Waals surface area (Å²) >= 11 is 0. The smallest absolute Gasteiger partial charge is 0.270 e. The summed E-state index contributed by atoms with van der Waals surface area (Å²) in [5.74, 6) is -5.81. The van der Waals surface area contributed by atoms with Crippen LogP contribution in [0.15, 0.2) is 35.5 Å². The van der Waals surface area contributed by atoms with Crippen LogP contribution in [0.3, 0.4) is 0 Å². The summed E-state index contributed by atoms with van der Waals surface area (Å²) in [6, 6.07) is 0.923. The van der Waals surface area contributed by atoms with Crippen LogP contribution in [0.25, 0.3) is 0 Å². The van der Waals surface area contributed by atoms with E-state index in [1.54, 1.807) is 6.92 Å². The molecule has 0 aliphatic heterocycles. The number of nitrogens with one attached hydrogen (secondary N) is 3. The first-order chi connectivity index (χ1) is 18.0. The molecule has 1 saturated carbocycles. The van der Waals surface area contributed by atoms with Gasteiger partial charge in [0.15, 0.2) is 0 Å². The van der Waals surface area contributed by atoms with E-state index in [1.165, 1.54) is 40.1 Å². The summed E-state index contributed by atoms with van der Waals surface area (Å²) in [5, 5.41) is 18.9. The van der Waals surface area contributed by atoms with Gasteiger partial charge in [-0.1, -0.05) is 0 Å². The van der Waals surface area contributed by atoms with Crippen molar-refractivity contribution in [2.75, 3.05) is 5.32 Å². The molecule has 0 radical (unpaired) electrons.